The molecule has 0 bridgehead atoms. The number of nitrogens with zero attached hydrogens (tertiary/aromatic N) is 5. The van der Waals surface area contributed by atoms with E-state index in [1.165, 1.54) is 6.08 Å². The number of benzene rings is 2. The van der Waals surface area contributed by atoms with Gasteiger partial charge in [0.25, 0.3) is 0 Å². The topological polar surface area (TPSA) is 110 Å². The van der Waals surface area contributed by atoms with Crippen LogP contribution in [0.2, 0.25) is 0 Å². The zero-order chi connectivity index (χ0) is 21.5. The number of hydrogen-bond donors (Lipinski definition) is 2. The molecule has 3 aromatic rings. The molecule has 30 heavy (non-hydrogen) atoms. The molecule has 0 aliphatic heterocycles. The van der Waals surface area contributed by atoms with Crippen LogP contribution in [0, 0.1) is 34.3 Å². The Bertz CT molecular complexity index is 1160. The molecular formula is C20H12F2IN7. The maximum absolute atomic E-state index is 14.3. The summed E-state index contributed by atoms with van der Waals surface area (Å²) in [6.07, 6.45) is 2.42. The van der Waals surface area contributed by atoms with Crippen LogP contribution in [0.4, 0.5) is 31.9 Å². The van der Waals surface area contributed by atoms with E-state index < -0.39 is 17.3 Å². The average Bonchev–Trinajstić information content (AvgIpc) is 2.75. The smallest absolute Gasteiger partial charge is 0.249 e. The van der Waals surface area contributed by atoms with Crippen molar-refractivity contribution in [2.75, 3.05) is 10.6 Å². The molecule has 10 heteroatoms. The summed E-state index contributed by atoms with van der Waals surface area (Å²) in [5.74, 6) is -1.47. The van der Waals surface area contributed by atoms with Gasteiger partial charge in [0.1, 0.15) is 23.0 Å². The van der Waals surface area contributed by atoms with Gasteiger partial charge >= 0.3 is 0 Å². The molecule has 0 unspecified atom stereocenters. The largest absolute Gasteiger partial charge is 0.339 e. The first-order chi connectivity index (χ1) is 14.5. The molecule has 0 saturated carbocycles. The molecule has 0 atom stereocenters. The van der Waals surface area contributed by atoms with Gasteiger partial charge in [0.05, 0.1) is 17.7 Å². The Balaban J connectivity index is 1.89. The van der Waals surface area contributed by atoms with Crippen LogP contribution in [-0.2, 0) is 4.43 Å². The lowest BCUT2D eigenvalue weighted by atomic mass is 10.1. The Hall–Kier alpha value is -3.64. The molecule has 0 spiro atoms. The van der Waals surface area contributed by atoms with Crippen molar-refractivity contribution in [2.45, 2.75) is 4.43 Å². The van der Waals surface area contributed by atoms with E-state index >= 15 is 0 Å². The maximum atomic E-state index is 14.3. The molecule has 2 N–H and O–H groups in total. The number of allylic oxidation sites excluding steroid dienone is 1. The van der Waals surface area contributed by atoms with Gasteiger partial charge in [-0.1, -0.05) is 22.6 Å². The average molecular weight is 515 g/mol. The Kier molecular flexibility index (Phi) is 6.83. The third-order valence-corrected chi connectivity index (χ3v) is 4.53. The monoisotopic (exact) mass is 515 g/mol. The molecule has 3 rings (SSSR count). The SMILES string of the molecule is N#C/C=C/c1cc(F)c(Nc2nnc(CI)c(Nc3ccc(C#N)cc3)n2)c(F)c1. The highest BCUT2D eigenvalue weighted by atomic mass is 127. The van der Waals surface area contributed by atoms with Gasteiger partial charge in [0.15, 0.2) is 5.82 Å². The Morgan fingerprint density at radius 3 is 2.33 bits per heavy atom. The van der Waals surface area contributed by atoms with E-state index in [-0.39, 0.29) is 11.5 Å². The first-order valence-electron chi connectivity index (χ1n) is 8.43. The van der Waals surface area contributed by atoms with Gasteiger partial charge in [-0.2, -0.15) is 15.5 Å². The fraction of sp³-hybridized carbons (Fsp3) is 0.0500. The number of aromatic nitrogens is 3. The van der Waals surface area contributed by atoms with Crippen molar-refractivity contribution < 1.29 is 8.78 Å². The Morgan fingerprint density at radius 1 is 1.03 bits per heavy atom. The Labute approximate surface area is 184 Å². The van der Waals surface area contributed by atoms with Crippen LogP contribution in [0.1, 0.15) is 16.8 Å². The molecule has 1 heterocycles. The van der Waals surface area contributed by atoms with Crippen LogP contribution in [-0.4, -0.2) is 15.2 Å². The van der Waals surface area contributed by atoms with Gasteiger partial charge < -0.3 is 10.6 Å². The van der Waals surface area contributed by atoms with Crippen molar-refractivity contribution in [3.05, 3.63) is 70.9 Å². The molecule has 1 aromatic heterocycles. The molecule has 0 saturated heterocycles. The van der Waals surface area contributed by atoms with Gasteiger partial charge in [0.2, 0.25) is 5.95 Å². The highest BCUT2D eigenvalue weighted by molar-refractivity contribution is 14.1. The van der Waals surface area contributed by atoms with Crippen molar-refractivity contribution in [2.24, 2.45) is 0 Å². The Morgan fingerprint density at radius 2 is 1.73 bits per heavy atom. The second kappa shape index (κ2) is 9.71. The summed E-state index contributed by atoms with van der Waals surface area (Å²) in [4.78, 5) is 4.27. The summed E-state index contributed by atoms with van der Waals surface area (Å²) in [5.41, 5.74) is 1.50. The number of hydrogen-bond acceptors (Lipinski definition) is 7. The van der Waals surface area contributed by atoms with Crippen molar-refractivity contribution >= 4 is 51.8 Å². The summed E-state index contributed by atoms with van der Waals surface area (Å²) in [6.45, 7) is 0. The minimum absolute atomic E-state index is 0.0992. The minimum Gasteiger partial charge on any atom is -0.339 e. The third kappa shape index (κ3) is 5.04. The number of halogens is 3. The van der Waals surface area contributed by atoms with Crippen LogP contribution < -0.4 is 10.6 Å². The second-order valence-corrected chi connectivity index (χ2v) is 6.59. The van der Waals surface area contributed by atoms with Crippen LogP contribution >= 0.6 is 22.6 Å². The first kappa shape index (κ1) is 21.1. The summed E-state index contributed by atoms with van der Waals surface area (Å²) >= 11 is 2.10. The van der Waals surface area contributed by atoms with Gasteiger partial charge in [-0.05, 0) is 48.0 Å². The summed E-state index contributed by atoms with van der Waals surface area (Å²) in [7, 11) is 0. The highest BCUT2D eigenvalue weighted by Crippen LogP contribution is 2.26. The van der Waals surface area contributed by atoms with Gasteiger partial charge in [-0.15, -0.1) is 10.2 Å². The lowest BCUT2D eigenvalue weighted by Crippen LogP contribution is -2.08. The van der Waals surface area contributed by atoms with E-state index in [2.05, 4.69) is 48.4 Å². The van der Waals surface area contributed by atoms with E-state index in [1.54, 1.807) is 30.3 Å². The highest BCUT2D eigenvalue weighted by Gasteiger charge is 2.15. The summed E-state index contributed by atoms with van der Waals surface area (Å²) in [5, 5.41) is 30.9. The standard InChI is InChI=1S/C20H12F2IN7/c21-15-8-13(2-1-7-24)9-16(22)18(15)27-20-28-19(17(10-23)29-30-20)26-14-5-3-12(11-25)4-6-14/h1-6,8-9H,10H2,(H2,26,27,28,30)/b2-1+. The zero-order valence-corrected chi connectivity index (χ0v) is 17.4. The molecule has 0 amide bonds. The molecule has 2 aromatic carbocycles. The number of anilines is 4. The molecule has 0 fully saturated rings. The van der Waals surface area contributed by atoms with Crippen molar-refractivity contribution in [1.82, 2.24) is 15.2 Å². The molecule has 148 valence electrons. The summed E-state index contributed by atoms with van der Waals surface area (Å²) in [6, 6.07) is 12.7. The van der Waals surface area contributed by atoms with Crippen LogP contribution in [0.15, 0.2) is 42.5 Å². The number of alkyl halides is 1. The van der Waals surface area contributed by atoms with Crippen molar-refractivity contribution in [1.29, 1.82) is 10.5 Å². The maximum Gasteiger partial charge on any atom is 0.249 e. The molecule has 7 nitrogen and oxygen atoms in total. The lowest BCUT2D eigenvalue weighted by Gasteiger charge is -2.12. The number of nitriles is 2. The molecule has 0 aliphatic carbocycles. The molecular weight excluding hydrogens is 503 g/mol. The van der Waals surface area contributed by atoms with Gasteiger partial charge in [-0.25, -0.2) is 8.78 Å². The second-order valence-electron chi connectivity index (χ2n) is 5.83. The normalized spacial score (nSPS) is 10.4. The predicted octanol–water partition coefficient (Wildman–Crippen LogP) is 4.98. The fourth-order valence-corrected chi connectivity index (χ4v) is 2.92. The first-order valence-corrected chi connectivity index (χ1v) is 9.95. The van der Waals surface area contributed by atoms with E-state index in [4.69, 9.17) is 10.5 Å². The van der Waals surface area contributed by atoms with E-state index in [9.17, 15) is 8.78 Å². The van der Waals surface area contributed by atoms with E-state index in [0.29, 0.717) is 27.2 Å². The van der Waals surface area contributed by atoms with Crippen LogP contribution in [0.3, 0.4) is 0 Å². The van der Waals surface area contributed by atoms with Crippen LogP contribution in [0.25, 0.3) is 6.08 Å². The quantitative estimate of drug-likeness (QED) is 0.271. The van der Waals surface area contributed by atoms with Crippen LogP contribution in [0.5, 0.6) is 0 Å². The minimum atomic E-state index is -0.865. The number of rotatable bonds is 6. The third-order valence-electron chi connectivity index (χ3n) is 3.81. The van der Waals surface area contributed by atoms with Gasteiger partial charge in [0, 0.05) is 16.2 Å². The van der Waals surface area contributed by atoms with Gasteiger partial charge in [-0.3, -0.25) is 0 Å². The number of nitrogens with one attached hydrogen (secondary N) is 2. The zero-order valence-electron chi connectivity index (χ0n) is 15.2. The lowest BCUT2D eigenvalue weighted by molar-refractivity contribution is 0.589. The summed E-state index contributed by atoms with van der Waals surface area (Å²) < 4.78 is 29.2. The van der Waals surface area contributed by atoms with Crippen molar-refractivity contribution in [3.63, 3.8) is 0 Å². The van der Waals surface area contributed by atoms with Crippen molar-refractivity contribution in [3.8, 4) is 12.1 Å². The van der Waals surface area contributed by atoms with E-state index in [0.717, 1.165) is 18.2 Å². The predicted molar refractivity (Wildman–Crippen MR) is 116 cm³/mol. The van der Waals surface area contributed by atoms with E-state index in [1.807, 2.05) is 6.07 Å². The molecule has 0 aliphatic rings. The fourth-order valence-electron chi connectivity index (χ4n) is 2.41. The molecule has 0 radical (unpaired) electrons.